The fraction of sp³-hybridized carbons (Fsp3) is 1.00. The summed E-state index contributed by atoms with van der Waals surface area (Å²) in [5.74, 6) is 0. The summed E-state index contributed by atoms with van der Waals surface area (Å²) in [6, 6.07) is 0. The molecule has 0 bridgehead atoms. The normalized spacial score (nSPS) is 8.25. The van der Waals surface area contributed by atoms with E-state index in [1.807, 2.05) is 17.7 Å². The van der Waals surface area contributed by atoms with Gasteiger partial charge in [0.2, 0.25) is 0 Å². The van der Waals surface area contributed by atoms with Crippen molar-refractivity contribution in [1.82, 2.24) is 0 Å². The van der Waals surface area contributed by atoms with Crippen LogP contribution in [0.25, 0.3) is 0 Å². The molecule has 0 atom stereocenters. The molecule has 0 aliphatic carbocycles. The first-order chi connectivity index (χ1) is 3.65. The fourth-order valence-corrected chi connectivity index (χ4v) is 0. The molecule has 0 aromatic rings. The van der Waals surface area contributed by atoms with Gasteiger partial charge >= 0.3 is 43.1 Å². The van der Waals surface area contributed by atoms with Crippen LogP contribution in [0.5, 0.6) is 0 Å². The van der Waals surface area contributed by atoms with Crippen LogP contribution in [-0.2, 0) is 9.30 Å². The van der Waals surface area contributed by atoms with Crippen molar-refractivity contribution in [3.8, 4) is 0 Å². The summed E-state index contributed by atoms with van der Waals surface area (Å²) in [4.78, 5) is 14.3. The summed E-state index contributed by atoms with van der Waals surface area (Å²) >= 11 is 1.96. The van der Waals surface area contributed by atoms with Crippen molar-refractivity contribution < 1.29 is 19.1 Å². The van der Waals surface area contributed by atoms with E-state index in [9.17, 15) is 0 Å². The van der Waals surface area contributed by atoms with E-state index in [0.29, 0.717) is 0 Å². The summed E-state index contributed by atoms with van der Waals surface area (Å²) < 4.78 is 13.3. The fourth-order valence-electron chi connectivity index (χ4n) is 0. The summed E-state index contributed by atoms with van der Waals surface area (Å²) in [5, 5.41) is 0.819. The Kier molecular flexibility index (Phi) is 15.3. The van der Waals surface area contributed by atoms with Crippen LogP contribution in [0.3, 0.4) is 0 Å². The molecule has 0 unspecified atom stereocenters. The molecular weight excluding hydrogens is 126 g/mol. The molecule has 0 heterocycles. The van der Waals surface area contributed by atoms with Gasteiger partial charge in [-0.05, 0) is 0 Å². The molecule has 0 radical (unpaired) electrons. The van der Waals surface area contributed by atoms with E-state index in [1.165, 1.54) is 0 Å². The van der Waals surface area contributed by atoms with Gasteiger partial charge in [0.25, 0.3) is 0 Å². The van der Waals surface area contributed by atoms with Gasteiger partial charge in [-0.25, -0.2) is 0 Å². The van der Waals surface area contributed by atoms with E-state index in [4.69, 9.17) is 14.4 Å². The molecule has 0 aromatic carbocycles. The zero-order valence-corrected chi connectivity index (χ0v) is 5.92. The summed E-state index contributed by atoms with van der Waals surface area (Å²) in [5.41, 5.74) is 0. The second kappa shape index (κ2) is 10.6. The Bertz CT molecular complexity index is 52.0. The van der Waals surface area contributed by atoms with Gasteiger partial charge in [0.05, 0.1) is 0 Å². The van der Waals surface area contributed by atoms with Gasteiger partial charge in [-0.15, -0.1) is 0 Å². The zero-order chi connectivity index (χ0) is 6.99. The third-order valence-corrected chi connectivity index (χ3v) is 0.289. The number of methoxy groups -OCH3 is 1. The van der Waals surface area contributed by atoms with Crippen molar-refractivity contribution in [3.05, 3.63) is 0 Å². The van der Waals surface area contributed by atoms with E-state index in [2.05, 4.69) is 4.74 Å². The van der Waals surface area contributed by atoms with Crippen molar-refractivity contribution >= 4 is 26.0 Å². The predicted molar refractivity (Wildman–Crippen MR) is 31.1 cm³/mol. The molecule has 6 heteroatoms. The second-order valence-electron chi connectivity index (χ2n) is 0.860. The van der Waals surface area contributed by atoms with Crippen LogP contribution in [0.15, 0.2) is 0 Å². The van der Waals surface area contributed by atoms with Crippen molar-refractivity contribution in [2.45, 2.75) is 0 Å². The van der Waals surface area contributed by atoms with Gasteiger partial charge in [-0.1, -0.05) is 0 Å². The molecule has 4 nitrogen and oxygen atoms in total. The summed E-state index contributed by atoms with van der Waals surface area (Å²) in [7, 11) is -1.45. The molecule has 2 N–H and O–H groups in total. The minimum absolute atomic E-state index is 0.819. The van der Waals surface area contributed by atoms with E-state index < -0.39 is 8.25 Å². The molecule has 8 heavy (non-hydrogen) atoms. The van der Waals surface area contributed by atoms with Crippen LogP contribution < -0.4 is 0 Å². The topological polar surface area (TPSA) is 66.8 Å². The van der Waals surface area contributed by atoms with Crippen molar-refractivity contribution in [2.24, 2.45) is 0 Å². The number of ether oxygens (including phenoxy) is 1. The first-order valence-electron chi connectivity index (χ1n) is 2.06. The monoisotopic (exact) mass is 134 g/mol. The Labute approximate surface area is 58.0 Å². The van der Waals surface area contributed by atoms with Crippen LogP contribution in [0.4, 0.5) is 0 Å². The van der Waals surface area contributed by atoms with Crippen molar-refractivity contribution in [2.75, 3.05) is 12.4 Å². The number of rotatable bonds is 1. The van der Waals surface area contributed by atoms with Gasteiger partial charge in [0, 0.05) is 0 Å². The third-order valence-electron chi connectivity index (χ3n) is 0.289. The SMILES string of the molecule is O=[PH](O)O.[Li][CH2]OC. The minimum atomic E-state index is -3.13. The first kappa shape index (κ1) is 11.5. The molecule has 0 aliphatic heterocycles. The molecule has 0 aromatic heterocycles. The molecule has 0 saturated heterocycles. The van der Waals surface area contributed by atoms with Crippen LogP contribution in [-0.4, -0.2) is 39.9 Å². The van der Waals surface area contributed by atoms with Gasteiger partial charge in [0.1, 0.15) is 0 Å². The van der Waals surface area contributed by atoms with Crippen molar-refractivity contribution in [3.63, 3.8) is 0 Å². The Morgan fingerprint density at radius 2 is 1.88 bits per heavy atom. The molecule has 0 fully saturated rings. The molecule has 0 saturated carbocycles. The van der Waals surface area contributed by atoms with Gasteiger partial charge in [-0.2, -0.15) is 0 Å². The van der Waals surface area contributed by atoms with Crippen LogP contribution >= 0.6 is 8.25 Å². The van der Waals surface area contributed by atoms with Gasteiger partial charge in [-0.3, -0.25) is 4.57 Å². The third kappa shape index (κ3) is 74.9. The number of hydrogen-bond donors (Lipinski definition) is 2. The molecule has 0 rings (SSSR count). The quantitative estimate of drug-likeness (QED) is 0.361. The Morgan fingerprint density at radius 1 is 1.75 bits per heavy atom. The standard InChI is InChI=1S/C2H5O.Li.H3O3P/c1-3-2;;1-4(2)3/h1H2,2H3;;4H,(H2,1,2,3). The van der Waals surface area contributed by atoms with E-state index in [0.717, 1.165) is 5.28 Å². The van der Waals surface area contributed by atoms with E-state index in [-0.39, 0.29) is 0 Å². The predicted octanol–water partition coefficient (Wildman–Crippen LogP) is -0.881. The van der Waals surface area contributed by atoms with Crippen LogP contribution in [0, 0.1) is 0 Å². The van der Waals surface area contributed by atoms with Gasteiger partial charge in [0.15, 0.2) is 0 Å². The molecule has 0 spiro atoms. The van der Waals surface area contributed by atoms with Gasteiger partial charge < -0.3 is 9.79 Å². The molecule has 0 amide bonds. The molecule has 46 valence electrons. The average Bonchev–Trinajstić information content (AvgIpc) is 1.65. The van der Waals surface area contributed by atoms with Crippen LogP contribution in [0.1, 0.15) is 0 Å². The maximum atomic E-state index is 8.74. The maximum absolute atomic E-state index is 8.74. The number of hydrogen-bond acceptors (Lipinski definition) is 2. The first-order valence-corrected chi connectivity index (χ1v) is 3.36. The molecular formula is C2H8LiO4P. The van der Waals surface area contributed by atoms with Crippen LogP contribution in [0.2, 0.25) is 0 Å². The Hall–Kier alpha value is 0.707. The Morgan fingerprint density at radius 3 is 1.88 bits per heavy atom. The second-order valence-corrected chi connectivity index (χ2v) is 1.43. The van der Waals surface area contributed by atoms with Crippen molar-refractivity contribution in [1.29, 1.82) is 0 Å². The molecule has 0 aliphatic rings. The van der Waals surface area contributed by atoms with E-state index >= 15 is 0 Å². The Balaban J connectivity index is 0. The summed E-state index contributed by atoms with van der Waals surface area (Å²) in [6.07, 6.45) is 0. The summed E-state index contributed by atoms with van der Waals surface area (Å²) in [6.45, 7) is 0. The zero-order valence-electron chi connectivity index (χ0n) is 4.92. The van der Waals surface area contributed by atoms with E-state index in [1.54, 1.807) is 7.11 Å². The average molecular weight is 134 g/mol.